The molecule has 3 N–H and O–H groups in total. The van der Waals surface area contributed by atoms with Gasteiger partial charge in [0.15, 0.2) is 0 Å². The van der Waals surface area contributed by atoms with Crippen molar-refractivity contribution in [1.82, 2.24) is 0 Å². The molecular weight excluding hydrogens is 273 g/mol. The molecule has 1 atom stereocenters. The quantitative estimate of drug-likeness (QED) is 0.803. The lowest BCUT2D eigenvalue weighted by atomic mass is 10.2. The molecule has 0 fully saturated rings. The van der Waals surface area contributed by atoms with E-state index in [1.54, 1.807) is 30.3 Å². The van der Waals surface area contributed by atoms with Gasteiger partial charge in [0, 0.05) is 17.8 Å². The highest BCUT2D eigenvalue weighted by atomic mass is 19.1. The number of aliphatic hydroxyl groups excluding tert-OH is 1. The Labute approximate surface area is 122 Å². The Morgan fingerprint density at radius 1 is 1.14 bits per heavy atom. The minimum absolute atomic E-state index is 0.0204. The molecule has 21 heavy (non-hydrogen) atoms. The molecule has 112 valence electrons. The first-order valence-corrected chi connectivity index (χ1v) is 6.60. The van der Waals surface area contributed by atoms with Crippen LogP contribution >= 0.6 is 0 Å². The second-order valence-corrected chi connectivity index (χ2v) is 4.76. The van der Waals surface area contributed by atoms with E-state index in [-0.39, 0.29) is 19.0 Å². The molecule has 0 aliphatic rings. The third-order valence-corrected chi connectivity index (χ3v) is 2.88. The summed E-state index contributed by atoms with van der Waals surface area (Å²) >= 11 is 0. The molecule has 0 saturated carbocycles. The fourth-order valence-corrected chi connectivity index (χ4v) is 1.76. The van der Waals surface area contributed by atoms with Crippen molar-refractivity contribution >= 4 is 5.69 Å². The third-order valence-electron chi connectivity index (χ3n) is 2.88. The van der Waals surface area contributed by atoms with Crippen LogP contribution < -0.4 is 15.2 Å². The van der Waals surface area contributed by atoms with Gasteiger partial charge in [0.05, 0.1) is 0 Å². The summed E-state index contributed by atoms with van der Waals surface area (Å²) in [7, 11) is 0. The Hall–Kier alpha value is -2.27. The molecule has 0 aliphatic carbocycles. The first-order chi connectivity index (χ1) is 10.0. The Kier molecular flexibility index (Phi) is 5.00. The molecule has 0 saturated heterocycles. The molecule has 0 bridgehead atoms. The van der Waals surface area contributed by atoms with Gasteiger partial charge in [-0.25, -0.2) is 4.39 Å². The zero-order valence-corrected chi connectivity index (χ0v) is 11.8. The normalized spacial score (nSPS) is 12.0. The average Bonchev–Trinajstić information content (AvgIpc) is 2.46. The molecular formula is C16H18FNO3. The minimum atomic E-state index is -0.825. The Morgan fingerprint density at radius 3 is 2.67 bits per heavy atom. The number of aliphatic hydroxyl groups is 1. The number of nitrogen functional groups attached to an aromatic ring is 1. The largest absolute Gasteiger partial charge is 0.491 e. The Balaban J connectivity index is 1.82. The maximum Gasteiger partial charge on any atom is 0.126 e. The predicted molar refractivity (Wildman–Crippen MR) is 79.0 cm³/mol. The van der Waals surface area contributed by atoms with Crippen molar-refractivity contribution in [3.8, 4) is 11.5 Å². The van der Waals surface area contributed by atoms with E-state index in [0.717, 1.165) is 5.56 Å². The van der Waals surface area contributed by atoms with Crippen molar-refractivity contribution in [3.63, 3.8) is 0 Å². The third kappa shape index (κ3) is 4.65. The lowest BCUT2D eigenvalue weighted by molar-refractivity contribution is 0.0623. The van der Waals surface area contributed by atoms with E-state index in [0.29, 0.717) is 17.2 Å². The number of rotatable bonds is 6. The van der Waals surface area contributed by atoms with Gasteiger partial charge in [0.25, 0.3) is 0 Å². The summed E-state index contributed by atoms with van der Waals surface area (Å²) in [5.41, 5.74) is 7.02. The highest BCUT2D eigenvalue weighted by molar-refractivity contribution is 5.43. The van der Waals surface area contributed by atoms with Gasteiger partial charge in [-0.1, -0.05) is 12.1 Å². The highest BCUT2D eigenvalue weighted by Crippen LogP contribution is 2.19. The minimum Gasteiger partial charge on any atom is -0.491 e. The highest BCUT2D eigenvalue weighted by Gasteiger charge is 2.09. The van der Waals surface area contributed by atoms with Crippen molar-refractivity contribution in [2.45, 2.75) is 13.0 Å². The van der Waals surface area contributed by atoms with E-state index in [1.807, 2.05) is 6.92 Å². The van der Waals surface area contributed by atoms with Gasteiger partial charge in [-0.2, -0.15) is 0 Å². The maximum absolute atomic E-state index is 13.1. The van der Waals surface area contributed by atoms with Crippen LogP contribution in [0.25, 0.3) is 0 Å². The molecule has 2 aromatic rings. The van der Waals surface area contributed by atoms with Crippen LogP contribution in [0.5, 0.6) is 11.5 Å². The van der Waals surface area contributed by atoms with Crippen LogP contribution in [-0.4, -0.2) is 24.4 Å². The van der Waals surface area contributed by atoms with Gasteiger partial charge in [-0.15, -0.1) is 0 Å². The molecule has 0 amide bonds. The van der Waals surface area contributed by atoms with E-state index < -0.39 is 6.10 Å². The van der Waals surface area contributed by atoms with Crippen molar-refractivity contribution in [1.29, 1.82) is 0 Å². The van der Waals surface area contributed by atoms with E-state index in [1.165, 1.54) is 12.1 Å². The standard InChI is InChI=1S/C16H18FNO3/c1-11-5-6-12(17)7-16(11)21-10-14(19)9-20-15-4-2-3-13(18)8-15/h2-8,14,19H,9-10,18H2,1H3. The molecule has 0 spiro atoms. The van der Waals surface area contributed by atoms with Crippen LogP contribution in [-0.2, 0) is 0 Å². The fraction of sp³-hybridized carbons (Fsp3) is 0.250. The zero-order valence-electron chi connectivity index (χ0n) is 11.8. The Bertz CT molecular complexity index is 604. The fourth-order valence-electron chi connectivity index (χ4n) is 1.76. The topological polar surface area (TPSA) is 64.7 Å². The molecule has 0 aliphatic heterocycles. The van der Waals surface area contributed by atoms with Crippen molar-refractivity contribution in [2.24, 2.45) is 0 Å². The molecule has 5 heteroatoms. The van der Waals surface area contributed by atoms with E-state index in [2.05, 4.69) is 0 Å². The van der Waals surface area contributed by atoms with E-state index >= 15 is 0 Å². The number of nitrogens with two attached hydrogens (primary N) is 1. The number of ether oxygens (including phenoxy) is 2. The van der Waals surface area contributed by atoms with Gasteiger partial charge >= 0.3 is 0 Å². The van der Waals surface area contributed by atoms with Crippen LogP contribution in [0.4, 0.5) is 10.1 Å². The van der Waals surface area contributed by atoms with Crippen molar-refractivity contribution in [3.05, 3.63) is 53.8 Å². The van der Waals surface area contributed by atoms with E-state index in [4.69, 9.17) is 15.2 Å². The number of anilines is 1. The molecule has 0 radical (unpaired) electrons. The lowest BCUT2D eigenvalue weighted by Crippen LogP contribution is -2.25. The van der Waals surface area contributed by atoms with Crippen LogP contribution in [0.15, 0.2) is 42.5 Å². The van der Waals surface area contributed by atoms with E-state index in [9.17, 15) is 9.50 Å². The SMILES string of the molecule is Cc1ccc(F)cc1OCC(O)COc1cccc(N)c1. The van der Waals surface area contributed by atoms with Crippen molar-refractivity contribution < 1.29 is 19.0 Å². The number of halogens is 1. The van der Waals surface area contributed by atoms with Gasteiger partial charge in [-0.05, 0) is 30.7 Å². The average molecular weight is 291 g/mol. The van der Waals surface area contributed by atoms with Gasteiger partial charge in [0.2, 0.25) is 0 Å². The second-order valence-electron chi connectivity index (χ2n) is 4.76. The second kappa shape index (κ2) is 6.95. The molecule has 1 unspecified atom stereocenters. The van der Waals surface area contributed by atoms with Crippen LogP contribution in [0.3, 0.4) is 0 Å². The number of hydrogen-bond acceptors (Lipinski definition) is 4. The van der Waals surface area contributed by atoms with Gasteiger partial charge < -0.3 is 20.3 Å². The number of hydrogen-bond donors (Lipinski definition) is 2. The number of benzene rings is 2. The Morgan fingerprint density at radius 2 is 1.90 bits per heavy atom. The van der Waals surface area contributed by atoms with Crippen LogP contribution in [0.2, 0.25) is 0 Å². The zero-order chi connectivity index (χ0) is 15.2. The summed E-state index contributed by atoms with van der Waals surface area (Å²) < 4.78 is 23.9. The summed E-state index contributed by atoms with van der Waals surface area (Å²) in [6, 6.07) is 11.2. The number of aryl methyl sites for hydroxylation is 1. The summed E-state index contributed by atoms with van der Waals surface area (Å²) in [5, 5.41) is 9.83. The molecule has 0 heterocycles. The first kappa shape index (κ1) is 15.1. The monoisotopic (exact) mass is 291 g/mol. The maximum atomic E-state index is 13.1. The van der Waals surface area contributed by atoms with Crippen molar-refractivity contribution in [2.75, 3.05) is 18.9 Å². The lowest BCUT2D eigenvalue weighted by Gasteiger charge is -2.15. The summed E-state index contributed by atoms with van der Waals surface area (Å²) in [6.07, 6.45) is -0.825. The summed E-state index contributed by atoms with van der Waals surface area (Å²) in [4.78, 5) is 0. The summed E-state index contributed by atoms with van der Waals surface area (Å²) in [5.74, 6) is 0.620. The first-order valence-electron chi connectivity index (χ1n) is 6.60. The predicted octanol–water partition coefficient (Wildman–Crippen LogP) is 2.54. The molecule has 2 rings (SSSR count). The summed E-state index contributed by atoms with van der Waals surface area (Å²) in [6.45, 7) is 1.90. The van der Waals surface area contributed by atoms with Crippen LogP contribution in [0.1, 0.15) is 5.56 Å². The van der Waals surface area contributed by atoms with Crippen LogP contribution in [0, 0.1) is 12.7 Å². The molecule has 0 aromatic heterocycles. The smallest absolute Gasteiger partial charge is 0.126 e. The molecule has 2 aromatic carbocycles. The molecule has 4 nitrogen and oxygen atoms in total. The van der Waals surface area contributed by atoms with Gasteiger partial charge in [-0.3, -0.25) is 0 Å². The van der Waals surface area contributed by atoms with Gasteiger partial charge in [0.1, 0.15) is 36.6 Å².